The molecular formula is C10H12N2O4. The van der Waals surface area contributed by atoms with Crippen LogP contribution in [0.1, 0.15) is 0 Å². The fraction of sp³-hybridized carbons (Fsp3) is 0.400. The van der Waals surface area contributed by atoms with Gasteiger partial charge in [0.25, 0.3) is 0 Å². The predicted molar refractivity (Wildman–Crippen MR) is 56.9 cm³/mol. The van der Waals surface area contributed by atoms with Crippen molar-refractivity contribution < 1.29 is 14.4 Å². The van der Waals surface area contributed by atoms with Gasteiger partial charge in [-0.3, -0.25) is 10.1 Å². The van der Waals surface area contributed by atoms with Gasteiger partial charge in [0.2, 0.25) is 0 Å². The molecule has 6 heteroatoms. The van der Waals surface area contributed by atoms with Gasteiger partial charge < -0.3 is 14.8 Å². The molecule has 1 aliphatic heterocycles. The average Bonchev–Trinajstić information content (AvgIpc) is 2.23. The molecule has 0 aliphatic carbocycles. The molecule has 0 unspecified atom stereocenters. The third kappa shape index (κ3) is 2.06. The third-order valence-electron chi connectivity index (χ3n) is 2.40. The maximum Gasteiger partial charge on any atom is 0.314 e. The molecule has 0 saturated carbocycles. The van der Waals surface area contributed by atoms with Crippen LogP contribution in [0.25, 0.3) is 0 Å². The Morgan fingerprint density at radius 1 is 1.50 bits per heavy atom. The van der Waals surface area contributed by atoms with Crippen molar-refractivity contribution >= 4 is 5.69 Å². The number of methoxy groups -OCH3 is 1. The van der Waals surface area contributed by atoms with Crippen molar-refractivity contribution in [1.82, 2.24) is 5.32 Å². The van der Waals surface area contributed by atoms with E-state index >= 15 is 0 Å². The van der Waals surface area contributed by atoms with Crippen LogP contribution in [-0.2, 0) is 0 Å². The summed E-state index contributed by atoms with van der Waals surface area (Å²) in [6.45, 7) is 1.45. The number of nitrogens with one attached hydrogen (secondary N) is 1. The molecular weight excluding hydrogens is 212 g/mol. The second-order valence-corrected chi connectivity index (χ2v) is 3.49. The first-order chi connectivity index (χ1) is 7.70. The summed E-state index contributed by atoms with van der Waals surface area (Å²) < 4.78 is 10.4. The van der Waals surface area contributed by atoms with Crippen LogP contribution in [0.15, 0.2) is 18.2 Å². The largest absolute Gasteiger partial charge is 0.496 e. The lowest BCUT2D eigenvalue weighted by Gasteiger charge is -2.27. The molecule has 1 N–H and O–H groups in total. The Kier molecular flexibility index (Phi) is 2.91. The van der Waals surface area contributed by atoms with E-state index in [-0.39, 0.29) is 17.5 Å². The van der Waals surface area contributed by atoms with Gasteiger partial charge in [0, 0.05) is 13.1 Å². The Hall–Kier alpha value is -1.82. The van der Waals surface area contributed by atoms with Crippen molar-refractivity contribution in [1.29, 1.82) is 0 Å². The molecule has 0 aromatic heterocycles. The molecule has 16 heavy (non-hydrogen) atoms. The van der Waals surface area contributed by atoms with Gasteiger partial charge in [0.05, 0.1) is 18.1 Å². The van der Waals surface area contributed by atoms with Crippen LogP contribution in [0.2, 0.25) is 0 Å². The fourth-order valence-corrected chi connectivity index (χ4v) is 1.39. The molecule has 1 fully saturated rings. The van der Waals surface area contributed by atoms with E-state index in [0.29, 0.717) is 5.75 Å². The molecule has 0 atom stereocenters. The maximum atomic E-state index is 10.8. The summed E-state index contributed by atoms with van der Waals surface area (Å²) >= 11 is 0. The molecule has 86 valence electrons. The standard InChI is InChI=1S/C10H12N2O4/c1-15-7-2-3-10(9(4-7)12(13)14)16-8-5-11-6-8/h2-4,8,11H,5-6H2,1H3. The molecule has 6 nitrogen and oxygen atoms in total. The molecule has 1 aliphatic rings. The first-order valence-electron chi connectivity index (χ1n) is 4.90. The summed E-state index contributed by atoms with van der Waals surface area (Å²) in [5, 5.41) is 13.9. The van der Waals surface area contributed by atoms with Crippen LogP contribution >= 0.6 is 0 Å². The summed E-state index contributed by atoms with van der Waals surface area (Å²) in [7, 11) is 1.47. The lowest BCUT2D eigenvalue weighted by Crippen LogP contribution is -2.50. The van der Waals surface area contributed by atoms with E-state index < -0.39 is 4.92 Å². The molecule has 1 saturated heterocycles. The van der Waals surface area contributed by atoms with Crippen LogP contribution in [0.5, 0.6) is 11.5 Å². The van der Waals surface area contributed by atoms with Gasteiger partial charge in [-0.05, 0) is 12.1 Å². The zero-order valence-electron chi connectivity index (χ0n) is 8.80. The second-order valence-electron chi connectivity index (χ2n) is 3.49. The smallest absolute Gasteiger partial charge is 0.314 e. The highest BCUT2D eigenvalue weighted by Gasteiger charge is 2.23. The molecule has 0 bridgehead atoms. The second kappa shape index (κ2) is 4.36. The van der Waals surface area contributed by atoms with Gasteiger partial charge >= 0.3 is 5.69 Å². The molecule has 0 radical (unpaired) electrons. The summed E-state index contributed by atoms with van der Waals surface area (Å²) in [6, 6.07) is 4.57. The van der Waals surface area contributed by atoms with E-state index in [1.54, 1.807) is 12.1 Å². The van der Waals surface area contributed by atoms with Gasteiger partial charge in [-0.25, -0.2) is 0 Å². The van der Waals surface area contributed by atoms with Crippen molar-refractivity contribution in [2.24, 2.45) is 0 Å². The zero-order valence-corrected chi connectivity index (χ0v) is 8.80. The lowest BCUT2D eigenvalue weighted by atomic mass is 10.2. The average molecular weight is 224 g/mol. The van der Waals surface area contributed by atoms with Gasteiger partial charge in [0.15, 0.2) is 5.75 Å². The number of nitro groups is 1. The predicted octanol–water partition coefficient (Wildman–Crippen LogP) is 0.954. The number of benzene rings is 1. The van der Waals surface area contributed by atoms with E-state index in [4.69, 9.17) is 9.47 Å². The summed E-state index contributed by atoms with van der Waals surface area (Å²) in [5.41, 5.74) is -0.0637. The first kappa shape index (κ1) is 10.7. The minimum Gasteiger partial charge on any atom is -0.496 e. The summed E-state index contributed by atoms with van der Waals surface area (Å²) in [6.07, 6.45) is 0.0205. The van der Waals surface area contributed by atoms with Crippen molar-refractivity contribution in [2.45, 2.75) is 6.10 Å². The van der Waals surface area contributed by atoms with Crippen LogP contribution in [0, 0.1) is 10.1 Å². The summed E-state index contributed by atoms with van der Waals surface area (Å²) in [4.78, 5) is 10.4. The molecule has 0 amide bonds. The van der Waals surface area contributed by atoms with E-state index in [9.17, 15) is 10.1 Å². The quantitative estimate of drug-likeness (QED) is 0.609. The summed E-state index contributed by atoms with van der Waals surface area (Å²) in [5.74, 6) is 0.739. The molecule has 1 aromatic rings. The van der Waals surface area contributed by atoms with Crippen molar-refractivity contribution in [3.8, 4) is 11.5 Å². The van der Waals surface area contributed by atoms with E-state index in [0.717, 1.165) is 13.1 Å². The maximum absolute atomic E-state index is 10.8. The molecule has 2 rings (SSSR count). The molecule has 0 spiro atoms. The number of rotatable bonds is 4. The minimum atomic E-state index is -0.468. The van der Waals surface area contributed by atoms with Gasteiger partial charge in [-0.1, -0.05) is 0 Å². The van der Waals surface area contributed by atoms with Gasteiger partial charge in [-0.2, -0.15) is 0 Å². The van der Waals surface area contributed by atoms with Crippen molar-refractivity contribution in [2.75, 3.05) is 20.2 Å². The van der Waals surface area contributed by atoms with Crippen molar-refractivity contribution in [3.05, 3.63) is 28.3 Å². The van der Waals surface area contributed by atoms with Crippen LogP contribution in [-0.4, -0.2) is 31.2 Å². The number of hydrogen-bond acceptors (Lipinski definition) is 5. The number of nitro benzene ring substituents is 1. The normalized spacial score (nSPS) is 15.3. The minimum absolute atomic E-state index is 0.0205. The van der Waals surface area contributed by atoms with Gasteiger partial charge in [-0.15, -0.1) is 0 Å². The monoisotopic (exact) mass is 224 g/mol. The molecule has 1 heterocycles. The van der Waals surface area contributed by atoms with E-state index in [2.05, 4.69) is 5.32 Å². The van der Waals surface area contributed by atoms with E-state index in [1.165, 1.54) is 13.2 Å². The number of hydrogen-bond donors (Lipinski definition) is 1. The SMILES string of the molecule is COc1ccc(OC2CNC2)c([N+](=O)[O-])c1. The Balaban J connectivity index is 2.24. The van der Waals surface area contributed by atoms with Crippen LogP contribution < -0.4 is 14.8 Å². The molecule has 1 aromatic carbocycles. The number of ether oxygens (including phenoxy) is 2. The third-order valence-corrected chi connectivity index (χ3v) is 2.40. The highest BCUT2D eigenvalue weighted by atomic mass is 16.6. The zero-order chi connectivity index (χ0) is 11.5. The van der Waals surface area contributed by atoms with E-state index in [1.807, 2.05) is 0 Å². The first-order valence-corrected chi connectivity index (χ1v) is 4.90. The van der Waals surface area contributed by atoms with Crippen LogP contribution in [0.4, 0.5) is 5.69 Å². The Morgan fingerprint density at radius 2 is 2.25 bits per heavy atom. The Morgan fingerprint density at radius 3 is 2.75 bits per heavy atom. The van der Waals surface area contributed by atoms with Crippen LogP contribution in [0.3, 0.4) is 0 Å². The van der Waals surface area contributed by atoms with Crippen molar-refractivity contribution in [3.63, 3.8) is 0 Å². The highest BCUT2D eigenvalue weighted by Crippen LogP contribution is 2.31. The highest BCUT2D eigenvalue weighted by molar-refractivity contribution is 5.51. The Bertz CT molecular complexity index is 404. The lowest BCUT2D eigenvalue weighted by molar-refractivity contribution is -0.386. The fourth-order valence-electron chi connectivity index (χ4n) is 1.39. The topological polar surface area (TPSA) is 73.6 Å². The van der Waals surface area contributed by atoms with Gasteiger partial charge in [0.1, 0.15) is 11.9 Å². The number of nitrogens with zero attached hydrogens (tertiary/aromatic N) is 1. The Labute approximate surface area is 92.3 Å².